The monoisotopic (exact) mass is 300 g/mol. The van der Waals surface area contributed by atoms with E-state index < -0.39 is 0 Å². The number of hydrogen-bond acceptors (Lipinski definition) is 3. The molecular formula is C13H21BrN2O. The van der Waals surface area contributed by atoms with Crippen LogP contribution in [0.15, 0.2) is 22.7 Å². The number of nitrogens with two attached hydrogens (primary N) is 1. The van der Waals surface area contributed by atoms with Crippen molar-refractivity contribution in [1.82, 2.24) is 0 Å². The van der Waals surface area contributed by atoms with Crippen molar-refractivity contribution in [3.8, 4) is 5.75 Å². The van der Waals surface area contributed by atoms with Gasteiger partial charge in [-0.1, -0.05) is 13.8 Å². The smallest absolute Gasteiger partial charge is 0.135 e. The van der Waals surface area contributed by atoms with E-state index in [9.17, 15) is 0 Å². The van der Waals surface area contributed by atoms with Crippen molar-refractivity contribution in [3.63, 3.8) is 0 Å². The highest BCUT2D eigenvalue weighted by Crippen LogP contribution is 2.28. The Balaban J connectivity index is 2.63. The largest absolute Gasteiger partial charge is 0.495 e. The molecular weight excluding hydrogens is 280 g/mol. The van der Waals surface area contributed by atoms with Crippen LogP contribution in [-0.4, -0.2) is 20.2 Å². The summed E-state index contributed by atoms with van der Waals surface area (Å²) in [6.45, 7) is 5.99. The third kappa shape index (κ3) is 4.21. The number of anilines is 1. The van der Waals surface area contributed by atoms with Gasteiger partial charge in [-0.25, -0.2) is 0 Å². The van der Waals surface area contributed by atoms with Crippen LogP contribution in [0.1, 0.15) is 13.8 Å². The predicted molar refractivity (Wildman–Crippen MR) is 76.6 cm³/mol. The zero-order chi connectivity index (χ0) is 12.8. The lowest BCUT2D eigenvalue weighted by Gasteiger charge is -2.20. The van der Waals surface area contributed by atoms with Crippen LogP contribution in [0.5, 0.6) is 5.75 Å². The lowest BCUT2D eigenvalue weighted by atomic mass is 9.96. The maximum atomic E-state index is 5.75. The Morgan fingerprint density at radius 3 is 2.65 bits per heavy atom. The van der Waals surface area contributed by atoms with Crippen LogP contribution >= 0.6 is 15.9 Å². The van der Waals surface area contributed by atoms with Crippen molar-refractivity contribution < 1.29 is 4.74 Å². The third-order valence-corrected chi connectivity index (χ3v) is 3.62. The second kappa shape index (κ2) is 6.87. The Morgan fingerprint density at radius 2 is 2.12 bits per heavy atom. The van der Waals surface area contributed by atoms with Crippen molar-refractivity contribution in [1.29, 1.82) is 0 Å². The summed E-state index contributed by atoms with van der Waals surface area (Å²) in [5, 5.41) is 3.40. The predicted octanol–water partition coefficient (Wildman–Crippen LogP) is 3.10. The van der Waals surface area contributed by atoms with Gasteiger partial charge in [0.25, 0.3) is 0 Å². The summed E-state index contributed by atoms with van der Waals surface area (Å²) in [4.78, 5) is 0. The van der Waals surface area contributed by atoms with Gasteiger partial charge in [0.15, 0.2) is 0 Å². The lowest BCUT2D eigenvalue weighted by Crippen LogP contribution is -2.27. The number of ether oxygens (including phenoxy) is 1. The number of nitrogens with one attached hydrogen (secondary N) is 1. The Kier molecular flexibility index (Phi) is 5.78. The van der Waals surface area contributed by atoms with Crippen molar-refractivity contribution >= 4 is 21.6 Å². The first-order chi connectivity index (χ1) is 8.08. The van der Waals surface area contributed by atoms with E-state index >= 15 is 0 Å². The summed E-state index contributed by atoms with van der Waals surface area (Å²) in [7, 11) is 1.67. The van der Waals surface area contributed by atoms with E-state index in [-0.39, 0.29) is 0 Å². The SMILES string of the molecule is COc1cc(NCC(CN)C(C)C)ccc1Br. The summed E-state index contributed by atoms with van der Waals surface area (Å²) in [6.07, 6.45) is 0. The molecule has 0 bridgehead atoms. The van der Waals surface area contributed by atoms with Gasteiger partial charge in [0.2, 0.25) is 0 Å². The zero-order valence-electron chi connectivity index (χ0n) is 10.7. The van der Waals surface area contributed by atoms with Crippen LogP contribution in [0.4, 0.5) is 5.69 Å². The van der Waals surface area contributed by atoms with E-state index in [2.05, 4.69) is 35.1 Å². The fourth-order valence-electron chi connectivity index (χ4n) is 1.61. The molecule has 1 unspecified atom stereocenters. The number of methoxy groups -OCH3 is 1. The maximum absolute atomic E-state index is 5.75. The quantitative estimate of drug-likeness (QED) is 0.849. The molecule has 3 nitrogen and oxygen atoms in total. The summed E-state index contributed by atoms with van der Waals surface area (Å²) in [5.74, 6) is 1.92. The Bertz CT molecular complexity index is 355. The lowest BCUT2D eigenvalue weighted by molar-refractivity contribution is 0.410. The number of benzene rings is 1. The Morgan fingerprint density at radius 1 is 1.41 bits per heavy atom. The minimum Gasteiger partial charge on any atom is -0.495 e. The first-order valence-electron chi connectivity index (χ1n) is 5.86. The maximum Gasteiger partial charge on any atom is 0.135 e. The van der Waals surface area contributed by atoms with E-state index in [0.717, 1.165) is 22.5 Å². The highest BCUT2D eigenvalue weighted by molar-refractivity contribution is 9.10. The molecule has 0 saturated carbocycles. The molecule has 0 aliphatic rings. The van der Waals surface area contributed by atoms with Crippen LogP contribution in [-0.2, 0) is 0 Å². The molecule has 0 amide bonds. The molecule has 3 N–H and O–H groups in total. The van der Waals surface area contributed by atoms with Gasteiger partial charge in [-0.15, -0.1) is 0 Å². The van der Waals surface area contributed by atoms with Crippen LogP contribution < -0.4 is 15.8 Å². The molecule has 96 valence electrons. The third-order valence-electron chi connectivity index (χ3n) is 2.97. The number of halogens is 1. The highest BCUT2D eigenvalue weighted by Gasteiger charge is 2.11. The molecule has 0 fully saturated rings. The molecule has 1 rings (SSSR count). The Hall–Kier alpha value is -0.740. The average molecular weight is 301 g/mol. The molecule has 0 aliphatic heterocycles. The molecule has 0 saturated heterocycles. The standard InChI is InChI=1S/C13H21BrN2O/c1-9(2)10(7-15)8-16-11-4-5-12(14)13(6-11)17-3/h4-6,9-10,16H,7-8,15H2,1-3H3. The molecule has 1 aromatic rings. The fourth-order valence-corrected chi connectivity index (χ4v) is 2.02. The molecule has 1 atom stereocenters. The zero-order valence-corrected chi connectivity index (χ0v) is 12.3. The average Bonchev–Trinajstić information content (AvgIpc) is 2.31. The fraction of sp³-hybridized carbons (Fsp3) is 0.538. The first kappa shape index (κ1) is 14.3. The van der Waals surface area contributed by atoms with Crippen molar-refractivity contribution in [2.75, 3.05) is 25.5 Å². The van der Waals surface area contributed by atoms with Gasteiger partial charge >= 0.3 is 0 Å². The molecule has 0 aliphatic carbocycles. The molecule has 1 aromatic carbocycles. The van der Waals surface area contributed by atoms with Gasteiger partial charge in [-0.3, -0.25) is 0 Å². The molecule has 4 heteroatoms. The normalized spacial score (nSPS) is 12.6. The molecule has 0 radical (unpaired) electrons. The van der Waals surface area contributed by atoms with Crippen LogP contribution in [0.25, 0.3) is 0 Å². The van der Waals surface area contributed by atoms with Gasteiger partial charge in [0, 0.05) is 18.3 Å². The number of hydrogen-bond donors (Lipinski definition) is 2. The molecule has 17 heavy (non-hydrogen) atoms. The first-order valence-corrected chi connectivity index (χ1v) is 6.65. The Labute approximate surface area is 112 Å². The number of rotatable bonds is 6. The van der Waals surface area contributed by atoms with Gasteiger partial charge in [0.05, 0.1) is 11.6 Å². The van der Waals surface area contributed by atoms with Crippen molar-refractivity contribution in [2.45, 2.75) is 13.8 Å². The van der Waals surface area contributed by atoms with E-state index in [0.29, 0.717) is 18.4 Å². The molecule has 0 aromatic heterocycles. The van der Waals surface area contributed by atoms with E-state index in [1.165, 1.54) is 0 Å². The molecule has 0 heterocycles. The van der Waals surface area contributed by atoms with Gasteiger partial charge < -0.3 is 15.8 Å². The summed E-state index contributed by atoms with van der Waals surface area (Å²) in [6, 6.07) is 5.99. The second-order valence-electron chi connectivity index (χ2n) is 4.47. The van der Waals surface area contributed by atoms with Gasteiger partial charge in [-0.05, 0) is 46.4 Å². The summed E-state index contributed by atoms with van der Waals surface area (Å²) < 4.78 is 6.22. The van der Waals surface area contributed by atoms with Crippen LogP contribution in [0.3, 0.4) is 0 Å². The van der Waals surface area contributed by atoms with E-state index in [4.69, 9.17) is 10.5 Å². The van der Waals surface area contributed by atoms with Crippen molar-refractivity contribution in [3.05, 3.63) is 22.7 Å². The topological polar surface area (TPSA) is 47.3 Å². The molecule has 0 spiro atoms. The second-order valence-corrected chi connectivity index (χ2v) is 5.32. The van der Waals surface area contributed by atoms with E-state index in [1.807, 2.05) is 18.2 Å². The van der Waals surface area contributed by atoms with Gasteiger partial charge in [0.1, 0.15) is 5.75 Å². The summed E-state index contributed by atoms with van der Waals surface area (Å²) >= 11 is 3.43. The minimum atomic E-state index is 0.490. The van der Waals surface area contributed by atoms with E-state index in [1.54, 1.807) is 7.11 Å². The van der Waals surface area contributed by atoms with Crippen LogP contribution in [0, 0.1) is 11.8 Å². The minimum absolute atomic E-state index is 0.490. The van der Waals surface area contributed by atoms with Crippen molar-refractivity contribution in [2.24, 2.45) is 17.6 Å². The van der Waals surface area contributed by atoms with Gasteiger partial charge in [-0.2, -0.15) is 0 Å². The summed E-state index contributed by atoms with van der Waals surface area (Å²) in [5.41, 5.74) is 6.81. The highest BCUT2D eigenvalue weighted by atomic mass is 79.9. The van der Waals surface area contributed by atoms with Crippen LogP contribution in [0.2, 0.25) is 0 Å².